The number of aliphatic hydroxyl groups excluding tert-OH is 1. The molecule has 0 aliphatic rings. The van der Waals surface area contributed by atoms with Crippen LogP contribution in [0.15, 0.2) is 0 Å². The van der Waals surface area contributed by atoms with Crippen LogP contribution in [0.2, 0.25) is 0 Å². The second-order valence-electron chi connectivity index (χ2n) is 8.88. The molecule has 0 aromatic carbocycles. The van der Waals surface area contributed by atoms with Crippen LogP contribution in [0, 0.1) is 0 Å². The van der Waals surface area contributed by atoms with Crippen molar-refractivity contribution in [2.75, 3.05) is 19.7 Å². The van der Waals surface area contributed by atoms with Gasteiger partial charge in [0, 0.05) is 0 Å². The zero-order valence-electron chi connectivity index (χ0n) is 22.4. The van der Waals surface area contributed by atoms with E-state index in [0.717, 1.165) is 0 Å². The number of unbranched alkanes of at least 4 members (excludes halogenated alkanes) is 1. The molecular weight excluding hydrogens is 552 g/mol. The molecule has 0 rings (SSSR count). The van der Waals surface area contributed by atoms with Crippen molar-refractivity contribution in [1.82, 2.24) is 26.6 Å². The zero-order chi connectivity index (χ0) is 31.7. The number of primary amides is 1. The molecule has 232 valence electrons. The van der Waals surface area contributed by atoms with Crippen molar-refractivity contribution in [3.8, 4) is 0 Å². The van der Waals surface area contributed by atoms with Gasteiger partial charge in [-0.05, 0) is 32.7 Å². The Bertz CT molecular complexity index is 975. The zero-order valence-corrected chi connectivity index (χ0v) is 22.4. The van der Waals surface area contributed by atoms with E-state index in [2.05, 4.69) is 16.0 Å². The number of aliphatic carboxylic acids is 2. The maximum atomic E-state index is 12.6. The minimum atomic E-state index is -1.80. The lowest BCUT2D eigenvalue weighted by atomic mass is 10.1. The number of nitrogens with one attached hydrogen (secondary N) is 5. The largest absolute Gasteiger partial charge is 0.481 e. The van der Waals surface area contributed by atoms with E-state index in [0.29, 0.717) is 19.4 Å². The molecule has 0 saturated carbocycles. The third-order valence-electron chi connectivity index (χ3n) is 5.30. The summed E-state index contributed by atoms with van der Waals surface area (Å²) in [6, 6.07) is -7.43. The fourth-order valence-electron chi connectivity index (χ4n) is 3.12. The van der Waals surface area contributed by atoms with Gasteiger partial charge in [0.1, 0.15) is 24.2 Å². The second kappa shape index (κ2) is 18.8. The van der Waals surface area contributed by atoms with Gasteiger partial charge in [0.25, 0.3) is 0 Å². The molecule has 19 nitrogen and oxygen atoms in total. The third kappa shape index (κ3) is 15.1. The van der Waals surface area contributed by atoms with Gasteiger partial charge in [-0.2, -0.15) is 0 Å². The van der Waals surface area contributed by atoms with Gasteiger partial charge in [-0.25, -0.2) is 0 Å². The summed E-state index contributed by atoms with van der Waals surface area (Å²) in [7, 11) is 0. The third-order valence-corrected chi connectivity index (χ3v) is 5.30. The molecule has 0 saturated heterocycles. The van der Waals surface area contributed by atoms with Crippen LogP contribution in [0.3, 0.4) is 0 Å². The molecule has 14 N–H and O–H groups in total. The predicted molar refractivity (Wildman–Crippen MR) is 138 cm³/mol. The summed E-state index contributed by atoms with van der Waals surface area (Å²) < 4.78 is 0. The summed E-state index contributed by atoms with van der Waals surface area (Å²) in [6.07, 6.45) is -0.619. The van der Waals surface area contributed by atoms with Crippen molar-refractivity contribution in [2.45, 2.75) is 69.2 Å². The van der Waals surface area contributed by atoms with Gasteiger partial charge in [0.05, 0.1) is 32.0 Å². The number of rotatable bonds is 20. The Kier molecular flexibility index (Phi) is 16.8. The molecule has 41 heavy (non-hydrogen) atoms. The Hall–Kier alpha value is -4.36. The summed E-state index contributed by atoms with van der Waals surface area (Å²) in [5.74, 6) is -9.13. The standard InChI is InChI=1S/C22H38N8O11/c1-10(24)19(38)28-13(7-17(35)36)21(40)30-14(9-31)22(41)29-12(6-16(33)34)20(39)26-8-15(32)27-11(18(25)37)4-2-3-5-23/h10-14,31H,2-9,23-24H2,1H3,(H2,25,37)(H,26,39)(H,27,32)(H,28,38)(H,29,41)(H,30,40)(H,33,34)(H,35,36)/t10-,11-,12-,13-,14-/m0/s1. The van der Waals surface area contributed by atoms with Gasteiger partial charge in [0.2, 0.25) is 35.4 Å². The molecule has 19 heteroatoms. The van der Waals surface area contributed by atoms with E-state index in [4.69, 9.17) is 27.4 Å². The SMILES string of the molecule is C[C@H](N)C(=O)N[C@@H](CC(=O)O)C(=O)N[C@@H](CO)C(=O)N[C@@H](CC(=O)O)C(=O)NCC(=O)N[C@@H](CCCCN)C(N)=O. The minimum absolute atomic E-state index is 0.195. The van der Waals surface area contributed by atoms with E-state index in [9.17, 15) is 43.5 Å². The molecule has 0 heterocycles. The maximum Gasteiger partial charge on any atom is 0.305 e. The number of hydrogen-bond donors (Lipinski definition) is 11. The minimum Gasteiger partial charge on any atom is -0.481 e. The second-order valence-corrected chi connectivity index (χ2v) is 8.88. The Morgan fingerprint density at radius 3 is 1.66 bits per heavy atom. The first-order chi connectivity index (χ1) is 19.1. The van der Waals surface area contributed by atoms with Crippen molar-refractivity contribution in [3.63, 3.8) is 0 Å². The summed E-state index contributed by atoms with van der Waals surface area (Å²) >= 11 is 0. The Morgan fingerprint density at radius 1 is 0.707 bits per heavy atom. The summed E-state index contributed by atoms with van der Waals surface area (Å²) in [5, 5.41) is 38.2. The first kappa shape index (κ1) is 36.6. The average molecular weight is 591 g/mol. The van der Waals surface area contributed by atoms with Crippen LogP contribution < -0.4 is 43.8 Å². The number of aliphatic hydroxyl groups is 1. The van der Waals surface area contributed by atoms with E-state index in [-0.39, 0.29) is 6.42 Å². The topological polar surface area (TPSA) is 335 Å². The van der Waals surface area contributed by atoms with Gasteiger partial charge < -0.3 is 59.1 Å². The molecule has 0 radical (unpaired) electrons. The van der Waals surface area contributed by atoms with Crippen LogP contribution in [0.5, 0.6) is 0 Å². The highest BCUT2D eigenvalue weighted by atomic mass is 16.4. The number of carboxylic acids is 2. The van der Waals surface area contributed by atoms with Crippen LogP contribution in [-0.4, -0.2) is 113 Å². The van der Waals surface area contributed by atoms with Crippen LogP contribution in [-0.2, 0) is 38.4 Å². The summed E-state index contributed by atoms with van der Waals surface area (Å²) in [5.41, 5.74) is 16.0. The maximum absolute atomic E-state index is 12.6. The first-order valence-electron chi connectivity index (χ1n) is 12.4. The van der Waals surface area contributed by atoms with Crippen LogP contribution in [0.25, 0.3) is 0 Å². The van der Waals surface area contributed by atoms with Gasteiger partial charge in [-0.1, -0.05) is 0 Å². The number of carbonyl (C=O) groups is 8. The summed E-state index contributed by atoms with van der Waals surface area (Å²) in [4.78, 5) is 95.6. The highest BCUT2D eigenvalue weighted by molar-refractivity contribution is 5.97. The smallest absolute Gasteiger partial charge is 0.305 e. The van der Waals surface area contributed by atoms with Crippen molar-refractivity contribution in [2.24, 2.45) is 17.2 Å². The van der Waals surface area contributed by atoms with E-state index in [1.165, 1.54) is 6.92 Å². The van der Waals surface area contributed by atoms with Crippen LogP contribution in [0.1, 0.15) is 39.0 Å². The summed E-state index contributed by atoms with van der Waals surface area (Å²) in [6.45, 7) is -0.158. The highest BCUT2D eigenvalue weighted by Crippen LogP contribution is 2.01. The van der Waals surface area contributed by atoms with Crippen LogP contribution >= 0.6 is 0 Å². The molecule has 0 aromatic rings. The molecule has 0 bridgehead atoms. The molecule has 5 atom stereocenters. The number of carbonyl (C=O) groups excluding carboxylic acids is 6. The van der Waals surface area contributed by atoms with E-state index in [1.807, 2.05) is 10.6 Å². The molecule has 0 aromatic heterocycles. The lowest BCUT2D eigenvalue weighted by molar-refractivity contribution is -0.141. The van der Waals surface area contributed by atoms with Crippen molar-refractivity contribution in [3.05, 3.63) is 0 Å². The normalized spacial score (nSPS) is 14.2. The number of carboxylic acid groups (broad SMARTS) is 2. The Morgan fingerprint density at radius 2 is 1.20 bits per heavy atom. The van der Waals surface area contributed by atoms with Gasteiger partial charge in [-0.3, -0.25) is 38.4 Å². The monoisotopic (exact) mass is 590 g/mol. The van der Waals surface area contributed by atoms with Crippen molar-refractivity contribution >= 4 is 47.4 Å². The number of hydrogen-bond acceptors (Lipinski definition) is 11. The lowest BCUT2D eigenvalue weighted by Gasteiger charge is -2.24. The Balaban J connectivity index is 5.36. The first-order valence-corrected chi connectivity index (χ1v) is 12.4. The van der Waals surface area contributed by atoms with E-state index in [1.54, 1.807) is 0 Å². The molecule has 0 spiro atoms. The molecule has 0 unspecified atom stereocenters. The van der Waals surface area contributed by atoms with E-state index < -0.39 is 104 Å². The van der Waals surface area contributed by atoms with Crippen molar-refractivity contribution in [1.29, 1.82) is 0 Å². The average Bonchev–Trinajstić information content (AvgIpc) is 2.87. The fourth-order valence-corrected chi connectivity index (χ4v) is 3.12. The molecular formula is C22H38N8O11. The van der Waals surface area contributed by atoms with Crippen molar-refractivity contribution < 1.29 is 53.7 Å². The number of nitrogens with two attached hydrogens (primary N) is 3. The molecule has 0 aliphatic heterocycles. The number of amides is 6. The molecule has 0 fully saturated rings. The fraction of sp³-hybridized carbons (Fsp3) is 0.636. The van der Waals surface area contributed by atoms with Gasteiger partial charge in [-0.15, -0.1) is 0 Å². The molecule has 0 aliphatic carbocycles. The van der Waals surface area contributed by atoms with Gasteiger partial charge >= 0.3 is 11.9 Å². The van der Waals surface area contributed by atoms with Crippen LogP contribution in [0.4, 0.5) is 0 Å². The lowest BCUT2D eigenvalue weighted by Crippen LogP contribution is -2.59. The predicted octanol–water partition coefficient (Wildman–Crippen LogP) is -6.06. The van der Waals surface area contributed by atoms with Gasteiger partial charge in [0.15, 0.2) is 0 Å². The van der Waals surface area contributed by atoms with E-state index >= 15 is 0 Å². The Labute approximate surface area is 234 Å². The quantitative estimate of drug-likeness (QED) is 0.0589. The molecule has 6 amide bonds. The highest BCUT2D eigenvalue weighted by Gasteiger charge is 2.32.